The SMILES string of the molecule is C=C[C@@H]1C[C@]1(NC(=O)[C@@H]1C[C@@H](Oc2cc(-c3nc(C(C)C)cs3)nc3c(C)c(OC)ccc23)CN1)C(=O)OCC. The molecule has 1 aliphatic carbocycles. The molecule has 3 aromatic rings. The zero-order valence-electron chi connectivity index (χ0n) is 23.6. The lowest BCUT2D eigenvalue weighted by Crippen LogP contribution is -2.51. The van der Waals surface area contributed by atoms with Gasteiger partial charge in [-0.05, 0) is 38.3 Å². The summed E-state index contributed by atoms with van der Waals surface area (Å²) in [6, 6.07) is 5.30. The lowest BCUT2D eigenvalue weighted by molar-refractivity contribution is -0.149. The standard InChI is InChI=1S/C30H36N4O5S/c1-7-18-13-30(18,29(36)38-8-2)34-27(35)21-11-19(14-31-21)39-25-12-22(28-33-23(15-40-28)16(3)4)32-26-17(5)24(37-6)10-9-20(25)26/h7,9-10,12,15-16,18-19,21,31H,1,8,11,13-14H2,2-6H3,(H,34,35)/t18-,19-,21+,30-/m1/s1. The number of ether oxygens (including phenoxy) is 3. The fourth-order valence-corrected chi connectivity index (χ4v) is 6.16. The molecule has 2 fully saturated rings. The van der Waals surface area contributed by atoms with Crippen LogP contribution in [0.3, 0.4) is 0 Å². The highest BCUT2D eigenvalue weighted by molar-refractivity contribution is 7.13. The molecule has 1 saturated heterocycles. The van der Waals surface area contributed by atoms with E-state index in [1.54, 1.807) is 31.4 Å². The number of benzene rings is 1. The highest BCUT2D eigenvalue weighted by Gasteiger charge is 2.61. The molecule has 9 nitrogen and oxygen atoms in total. The molecular weight excluding hydrogens is 528 g/mol. The first-order chi connectivity index (χ1) is 19.2. The van der Waals surface area contributed by atoms with Crippen molar-refractivity contribution in [2.45, 2.75) is 64.1 Å². The fraction of sp³-hybridized carbons (Fsp3) is 0.467. The fourth-order valence-electron chi connectivity index (χ4n) is 5.22. The summed E-state index contributed by atoms with van der Waals surface area (Å²) in [7, 11) is 1.64. The van der Waals surface area contributed by atoms with Gasteiger partial charge < -0.3 is 24.8 Å². The van der Waals surface area contributed by atoms with E-state index >= 15 is 0 Å². The van der Waals surface area contributed by atoms with Gasteiger partial charge in [0.2, 0.25) is 5.91 Å². The largest absolute Gasteiger partial charge is 0.496 e. The number of aromatic nitrogens is 2. The Balaban J connectivity index is 1.38. The molecule has 40 heavy (non-hydrogen) atoms. The van der Waals surface area contributed by atoms with Gasteiger partial charge in [0, 0.05) is 41.3 Å². The molecule has 2 aromatic heterocycles. The Morgan fingerprint density at radius 3 is 2.75 bits per heavy atom. The van der Waals surface area contributed by atoms with Gasteiger partial charge in [-0.1, -0.05) is 19.9 Å². The van der Waals surface area contributed by atoms with Crippen molar-refractivity contribution >= 4 is 34.1 Å². The average Bonchev–Trinajstić information content (AvgIpc) is 3.25. The Morgan fingerprint density at radius 1 is 1.30 bits per heavy atom. The summed E-state index contributed by atoms with van der Waals surface area (Å²) >= 11 is 1.56. The van der Waals surface area contributed by atoms with E-state index in [2.05, 4.69) is 36.4 Å². The molecule has 0 bridgehead atoms. The second-order valence-corrected chi connectivity index (χ2v) is 11.5. The molecule has 2 aliphatic rings. The quantitative estimate of drug-likeness (QED) is 0.273. The van der Waals surface area contributed by atoms with Gasteiger partial charge in [-0.2, -0.15) is 0 Å². The highest BCUT2D eigenvalue weighted by atomic mass is 32.1. The van der Waals surface area contributed by atoms with Gasteiger partial charge >= 0.3 is 5.97 Å². The molecule has 10 heteroatoms. The van der Waals surface area contributed by atoms with E-state index < -0.39 is 17.6 Å². The lowest BCUT2D eigenvalue weighted by atomic mass is 10.1. The molecule has 1 aromatic carbocycles. The molecule has 1 amide bonds. The maximum Gasteiger partial charge on any atom is 0.332 e. The van der Waals surface area contributed by atoms with Crippen molar-refractivity contribution in [3.63, 3.8) is 0 Å². The Labute approximate surface area is 238 Å². The number of aryl methyl sites for hydroxylation is 1. The van der Waals surface area contributed by atoms with Crippen LogP contribution in [-0.4, -0.2) is 59.8 Å². The van der Waals surface area contributed by atoms with Crippen LogP contribution in [0, 0.1) is 12.8 Å². The maximum atomic E-state index is 13.2. The van der Waals surface area contributed by atoms with Crippen molar-refractivity contribution in [1.29, 1.82) is 0 Å². The monoisotopic (exact) mass is 564 g/mol. The zero-order chi connectivity index (χ0) is 28.6. The van der Waals surface area contributed by atoms with E-state index in [0.29, 0.717) is 31.1 Å². The molecule has 0 spiro atoms. The van der Waals surface area contributed by atoms with Crippen LogP contribution in [0.1, 0.15) is 50.8 Å². The second-order valence-electron chi connectivity index (χ2n) is 10.7. The summed E-state index contributed by atoms with van der Waals surface area (Å²) in [6.45, 7) is 12.5. The summed E-state index contributed by atoms with van der Waals surface area (Å²) in [5.74, 6) is 0.954. The van der Waals surface area contributed by atoms with Gasteiger partial charge in [0.25, 0.3) is 0 Å². The summed E-state index contributed by atoms with van der Waals surface area (Å²) in [6.07, 6.45) is 2.39. The van der Waals surface area contributed by atoms with Crippen LogP contribution < -0.4 is 20.1 Å². The molecule has 1 aliphatic heterocycles. The van der Waals surface area contributed by atoms with E-state index in [1.165, 1.54) is 0 Å². The number of amides is 1. The number of carbonyl (C=O) groups excluding carboxylic acids is 2. The van der Waals surface area contributed by atoms with Gasteiger partial charge in [-0.3, -0.25) is 4.79 Å². The van der Waals surface area contributed by atoms with Crippen LogP contribution in [0.15, 0.2) is 36.2 Å². The summed E-state index contributed by atoms with van der Waals surface area (Å²) in [5, 5.41) is 9.95. The molecule has 0 unspecified atom stereocenters. The van der Waals surface area contributed by atoms with Crippen molar-refractivity contribution in [1.82, 2.24) is 20.6 Å². The molecule has 212 valence electrons. The predicted molar refractivity (Wildman–Crippen MR) is 155 cm³/mol. The normalized spacial score (nSPS) is 23.7. The number of pyridine rings is 1. The summed E-state index contributed by atoms with van der Waals surface area (Å²) in [5.41, 5.74) is 2.44. The Kier molecular flexibility index (Phi) is 7.83. The number of nitrogens with one attached hydrogen (secondary N) is 2. The van der Waals surface area contributed by atoms with E-state index in [0.717, 1.165) is 38.6 Å². The first kappa shape index (κ1) is 28.0. The molecular formula is C30H36N4O5S. The van der Waals surface area contributed by atoms with E-state index in [1.807, 2.05) is 25.1 Å². The summed E-state index contributed by atoms with van der Waals surface area (Å²) in [4.78, 5) is 35.5. The zero-order valence-corrected chi connectivity index (χ0v) is 24.4. The first-order valence-corrected chi connectivity index (χ1v) is 14.5. The number of hydrogen-bond donors (Lipinski definition) is 2. The van der Waals surface area contributed by atoms with Gasteiger partial charge in [0.1, 0.15) is 33.8 Å². The minimum atomic E-state index is -1.02. The van der Waals surface area contributed by atoms with Crippen molar-refractivity contribution in [2.24, 2.45) is 5.92 Å². The number of thiazole rings is 1. The molecule has 1 saturated carbocycles. The van der Waals surface area contributed by atoms with Crippen LogP contribution in [0.2, 0.25) is 0 Å². The molecule has 2 N–H and O–H groups in total. The highest BCUT2D eigenvalue weighted by Crippen LogP contribution is 2.45. The minimum Gasteiger partial charge on any atom is -0.496 e. The van der Waals surface area contributed by atoms with Crippen molar-refractivity contribution < 1.29 is 23.8 Å². The van der Waals surface area contributed by atoms with Crippen LogP contribution in [-0.2, 0) is 14.3 Å². The third-order valence-electron chi connectivity index (χ3n) is 7.69. The average molecular weight is 565 g/mol. The Hall–Kier alpha value is -3.50. The van der Waals surface area contributed by atoms with Gasteiger partial charge in [0.05, 0.1) is 31.0 Å². The Morgan fingerprint density at radius 2 is 2.10 bits per heavy atom. The van der Waals surface area contributed by atoms with Crippen LogP contribution in [0.5, 0.6) is 11.5 Å². The van der Waals surface area contributed by atoms with Crippen molar-refractivity contribution in [3.05, 3.63) is 47.5 Å². The number of rotatable bonds is 10. The van der Waals surface area contributed by atoms with E-state index in [-0.39, 0.29) is 24.5 Å². The number of methoxy groups -OCH3 is 1. The number of fused-ring (bicyclic) bond motifs is 1. The van der Waals surface area contributed by atoms with E-state index in [9.17, 15) is 9.59 Å². The number of hydrogen-bond acceptors (Lipinski definition) is 9. The molecule has 5 rings (SSSR count). The third-order valence-corrected chi connectivity index (χ3v) is 8.57. The van der Waals surface area contributed by atoms with Gasteiger partial charge in [-0.15, -0.1) is 17.9 Å². The smallest absolute Gasteiger partial charge is 0.332 e. The molecule has 3 heterocycles. The summed E-state index contributed by atoms with van der Waals surface area (Å²) < 4.78 is 17.3. The second kappa shape index (κ2) is 11.2. The predicted octanol–water partition coefficient (Wildman–Crippen LogP) is 4.53. The number of nitrogens with zero attached hydrogens (tertiary/aromatic N) is 2. The van der Waals surface area contributed by atoms with E-state index in [4.69, 9.17) is 24.2 Å². The van der Waals surface area contributed by atoms with Gasteiger partial charge in [0.15, 0.2) is 0 Å². The molecule has 4 atom stereocenters. The lowest BCUT2D eigenvalue weighted by Gasteiger charge is -2.20. The van der Waals surface area contributed by atoms with Crippen molar-refractivity contribution in [2.75, 3.05) is 20.3 Å². The van der Waals surface area contributed by atoms with Crippen LogP contribution >= 0.6 is 11.3 Å². The number of esters is 1. The molecule has 0 radical (unpaired) electrons. The maximum absolute atomic E-state index is 13.2. The first-order valence-electron chi connectivity index (χ1n) is 13.7. The number of carbonyl (C=O) groups is 2. The Bertz CT molecular complexity index is 1450. The minimum absolute atomic E-state index is 0.132. The third kappa shape index (κ3) is 5.17. The van der Waals surface area contributed by atoms with Gasteiger partial charge in [-0.25, -0.2) is 14.8 Å². The van der Waals surface area contributed by atoms with Crippen LogP contribution in [0.25, 0.3) is 21.6 Å². The topological polar surface area (TPSA) is 112 Å². The van der Waals surface area contributed by atoms with Crippen LogP contribution in [0.4, 0.5) is 0 Å². The van der Waals surface area contributed by atoms with Crippen molar-refractivity contribution in [3.8, 4) is 22.2 Å².